The van der Waals surface area contributed by atoms with Crippen LogP contribution in [0.3, 0.4) is 0 Å². The van der Waals surface area contributed by atoms with Crippen LogP contribution in [0.1, 0.15) is 40.0 Å². The van der Waals surface area contributed by atoms with Gasteiger partial charge >= 0.3 is 6.09 Å². The Morgan fingerprint density at radius 3 is 2.52 bits per heavy atom. The number of hydrogen-bond acceptors (Lipinski definition) is 3. The molecule has 1 aliphatic rings. The zero-order valence-corrected chi connectivity index (χ0v) is 17.0. The molecule has 0 radical (unpaired) electrons. The van der Waals surface area contributed by atoms with E-state index >= 15 is 0 Å². The molecule has 2 N–H and O–H groups in total. The third-order valence-corrected chi connectivity index (χ3v) is 5.18. The van der Waals surface area contributed by atoms with Crippen molar-refractivity contribution in [3.63, 3.8) is 0 Å². The van der Waals surface area contributed by atoms with E-state index in [0.29, 0.717) is 18.5 Å². The number of hydrogen-bond donors (Lipinski definition) is 2. The summed E-state index contributed by atoms with van der Waals surface area (Å²) in [4.78, 5) is 11.8. The smallest absolute Gasteiger partial charge is 0.407 e. The molecule has 1 fully saturated rings. The number of amides is 1. The van der Waals surface area contributed by atoms with Gasteiger partial charge < -0.3 is 15.4 Å². The van der Waals surface area contributed by atoms with Gasteiger partial charge in [0.25, 0.3) is 0 Å². The van der Waals surface area contributed by atoms with E-state index in [1.807, 2.05) is 39.0 Å². The fraction of sp³-hybridized carbons (Fsp3) is 0.588. The molecule has 2 atom stereocenters. The molecule has 1 amide bonds. The second kappa shape index (κ2) is 7.88. The highest BCUT2D eigenvalue weighted by Crippen LogP contribution is 2.35. The number of carbonyl (C=O) groups excluding carboxylic acids is 1. The van der Waals surface area contributed by atoms with E-state index in [1.54, 1.807) is 0 Å². The summed E-state index contributed by atoms with van der Waals surface area (Å²) >= 11 is 7.17. The Labute approximate surface area is 155 Å². The Bertz CT molecular complexity index is 538. The van der Waals surface area contributed by atoms with E-state index in [4.69, 9.17) is 4.74 Å². The summed E-state index contributed by atoms with van der Waals surface area (Å²) in [5, 5.41) is 6.52. The molecule has 2 rings (SSSR count). The average molecular weight is 448 g/mol. The fourth-order valence-corrected chi connectivity index (χ4v) is 4.05. The molecule has 0 heterocycles. The van der Waals surface area contributed by atoms with Gasteiger partial charge in [0.1, 0.15) is 5.60 Å². The quantitative estimate of drug-likeness (QED) is 0.656. The summed E-state index contributed by atoms with van der Waals surface area (Å²) in [5.74, 6) is 0.404. The first-order valence-corrected chi connectivity index (χ1v) is 9.52. The number of halogens is 2. The Balaban J connectivity index is 1.92. The molecule has 1 saturated carbocycles. The molecule has 6 heteroatoms. The number of alkyl carbamates (subject to hydrolysis) is 1. The van der Waals surface area contributed by atoms with Gasteiger partial charge in [-0.3, -0.25) is 0 Å². The van der Waals surface area contributed by atoms with Crippen molar-refractivity contribution < 1.29 is 9.53 Å². The van der Waals surface area contributed by atoms with Gasteiger partial charge in [-0.2, -0.15) is 0 Å². The highest BCUT2D eigenvalue weighted by molar-refractivity contribution is 9.11. The maximum Gasteiger partial charge on any atom is 0.407 e. The summed E-state index contributed by atoms with van der Waals surface area (Å²) in [7, 11) is 0. The average Bonchev–Trinajstić information content (AvgIpc) is 2.86. The van der Waals surface area contributed by atoms with Crippen LogP contribution in [0.15, 0.2) is 27.1 Å². The minimum Gasteiger partial charge on any atom is -0.444 e. The molecule has 0 bridgehead atoms. The minimum absolute atomic E-state index is 0.342. The Kier molecular flexibility index (Phi) is 6.37. The van der Waals surface area contributed by atoms with Crippen molar-refractivity contribution in [3.05, 3.63) is 27.1 Å². The minimum atomic E-state index is -0.461. The van der Waals surface area contributed by atoms with E-state index in [9.17, 15) is 4.79 Å². The third kappa shape index (κ3) is 5.68. The predicted octanol–water partition coefficient (Wildman–Crippen LogP) is 5.32. The molecule has 23 heavy (non-hydrogen) atoms. The summed E-state index contributed by atoms with van der Waals surface area (Å²) in [6.07, 6.45) is 3.04. The third-order valence-electron chi connectivity index (χ3n) is 3.86. The Hall–Kier alpha value is -0.750. The topological polar surface area (TPSA) is 50.4 Å². The van der Waals surface area contributed by atoms with Crippen LogP contribution in [0.5, 0.6) is 0 Å². The van der Waals surface area contributed by atoms with Crippen molar-refractivity contribution in [1.29, 1.82) is 0 Å². The first-order chi connectivity index (χ1) is 10.8. The van der Waals surface area contributed by atoms with Crippen molar-refractivity contribution in [2.75, 3.05) is 11.9 Å². The van der Waals surface area contributed by atoms with Crippen molar-refractivity contribution in [2.45, 2.75) is 51.7 Å². The van der Waals surface area contributed by atoms with E-state index in [0.717, 1.165) is 27.5 Å². The largest absolute Gasteiger partial charge is 0.444 e. The molecule has 1 aliphatic carbocycles. The number of ether oxygens (including phenoxy) is 1. The molecule has 4 nitrogen and oxygen atoms in total. The SMILES string of the molecule is CC(C)(C)OC(=O)NCC1CCCC1Nc1c(Br)cccc1Br. The van der Waals surface area contributed by atoms with Crippen LogP contribution in [-0.2, 0) is 4.74 Å². The number of carbonyl (C=O) groups is 1. The van der Waals surface area contributed by atoms with Gasteiger partial charge in [-0.15, -0.1) is 0 Å². The predicted molar refractivity (Wildman–Crippen MR) is 101 cm³/mol. The van der Waals surface area contributed by atoms with Gasteiger partial charge in [0.2, 0.25) is 0 Å². The Morgan fingerprint density at radius 2 is 1.91 bits per heavy atom. The lowest BCUT2D eigenvalue weighted by molar-refractivity contribution is 0.0519. The van der Waals surface area contributed by atoms with Crippen molar-refractivity contribution >= 4 is 43.6 Å². The fourth-order valence-electron chi connectivity index (χ4n) is 2.82. The molecular formula is C17H24Br2N2O2. The number of anilines is 1. The summed E-state index contributed by atoms with van der Waals surface area (Å²) in [6, 6.07) is 6.39. The van der Waals surface area contributed by atoms with Crippen molar-refractivity contribution in [1.82, 2.24) is 5.32 Å². The van der Waals surface area contributed by atoms with Crippen LogP contribution in [0.2, 0.25) is 0 Å². The maximum atomic E-state index is 11.8. The van der Waals surface area contributed by atoms with Crippen LogP contribution in [0.25, 0.3) is 0 Å². The standard InChI is InChI=1S/C17H24Br2N2O2/c1-17(2,3)23-16(22)20-10-11-6-4-9-14(11)21-15-12(18)7-5-8-13(15)19/h5,7-8,11,14,21H,4,6,9-10H2,1-3H3,(H,20,22). The molecule has 1 aromatic rings. The molecule has 128 valence electrons. The van der Waals surface area contributed by atoms with Crippen LogP contribution >= 0.6 is 31.9 Å². The molecule has 1 aromatic carbocycles. The molecule has 0 aromatic heterocycles. The number of rotatable bonds is 4. The number of para-hydroxylation sites is 1. The second-order valence-electron chi connectivity index (χ2n) is 6.92. The van der Waals surface area contributed by atoms with Crippen LogP contribution in [-0.4, -0.2) is 24.3 Å². The lowest BCUT2D eigenvalue weighted by Crippen LogP contribution is -2.38. The van der Waals surface area contributed by atoms with Gasteiger partial charge in [0.15, 0.2) is 0 Å². The number of benzene rings is 1. The monoisotopic (exact) mass is 446 g/mol. The van der Waals surface area contributed by atoms with Crippen molar-refractivity contribution in [3.8, 4) is 0 Å². The second-order valence-corrected chi connectivity index (χ2v) is 8.63. The first-order valence-electron chi connectivity index (χ1n) is 7.93. The Morgan fingerprint density at radius 1 is 1.26 bits per heavy atom. The van der Waals surface area contributed by atoms with Gasteiger partial charge in [-0.25, -0.2) is 4.79 Å². The summed E-state index contributed by atoms with van der Waals surface area (Å²) < 4.78 is 7.38. The lowest BCUT2D eigenvalue weighted by Gasteiger charge is -2.25. The van der Waals surface area contributed by atoms with E-state index < -0.39 is 5.60 Å². The van der Waals surface area contributed by atoms with Crippen molar-refractivity contribution in [2.24, 2.45) is 5.92 Å². The molecule has 2 unspecified atom stereocenters. The zero-order valence-electron chi connectivity index (χ0n) is 13.8. The molecule has 0 saturated heterocycles. The van der Waals surface area contributed by atoms with Gasteiger partial charge in [-0.1, -0.05) is 12.5 Å². The van der Waals surface area contributed by atoms with Crippen LogP contribution in [0.4, 0.5) is 10.5 Å². The maximum absolute atomic E-state index is 11.8. The van der Waals surface area contributed by atoms with Crippen LogP contribution < -0.4 is 10.6 Å². The van der Waals surface area contributed by atoms with Crippen LogP contribution in [0, 0.1) is 5.92 Å². The highest BCUT2D eigenvalue weighted by Gasteiger charge is 2.29. The molecule has 0 aliphatic heterocycles. The van der Waals surface area contributed by atoms with E-state index in [1.165, 1.54) is 6.42 Å². The van der Waals surface area contributed by atoms with Gasteiger partial charge in [0.05, 0.1) is 5.69 Å². The van der Waals surface area contributed by atoms with Gasteiger partial charge in [0, 0.05) is 21.5 Å². The van der Waals surface area contributed by atoms with Gasteiger partial charge in [-0.05, 0) is 83.5 Å². The lowest BCUT2D eigenvalue weighted by atomic mass is 10.0. The summed E-state index contributed by atoms with van der Waals surface area (Å²) in [5.41, 5.74) is 0.610. The first kappa shape index (κ1) is 18.6. The molecule has 0 spiro atoms. The van der Waals surface area contributed by atoms with E-state index in [-0.39, 0.29) is 6.09 Å². The van der Waals surface area contributed by atoms with E-state index in [2.05, 4.69) is 42.5 Å². The highest BCUT2D eigenvalue weighted by atomic mass is 79.9. The zero-order chi connectivity index (χ0) is 17.0. The molecular weight excluding hydrogens is 424 g/mol. The number of nitrogens with one attached hydrogen (secondary N) is 2. The summed E-state index contributed by atoms with van der Waals surface area (Å²) in [6.45, 7) is 6.25. The normalized spacial score (nSPS) is 21.1.